The summed E-state index contributed by atoms with van der Waals surface area (Å²) in [5.41, 5.74) is 7.34. The van der Waals surface area contributed by atoms with Gasteiger partial charge in [0.1, 0.15) is 0 Å². The predicted octanol–water partition coefficient (Wildman–Crippen LogP) is 8.16. The Hall–Kier alpha value is -3.86. The summed E-state index contributed by atoms with van der Waals surface area (Å²) in [5, 5.41) is 13.5. The standard InChI is InChI=1S/C28H21N3.C5H8O2.Ir/c1-18(2)29-17-30(24-14-6-5-13-23(24)29)25-15-8-16-26-27(25)21-11-7-10-20-19-9-3-4-12-22(19)31(26)28(20)21;1-4(6)3-5(2)7;/h3-14,16-18H,1-2H3;3,6H,1-2H3;/q-2;;/b;4-3-;. The van der Waals surface area contributed by atoms with Crippen LogP contribution in [-0.2, 0) is 24.9 Å². The van der Waals surface area contributed by atoms with E-state index in [0.29, 0.717) is 6.04 Å². The molecule has 0 bridgehead atoms. The first kappa shape index (κ1) is 26.7. The SMILES string of the molecule is CC(=O)/C=C(/C)O.CC(C)N1[CH-]N(c2[c-]ccc3c2c2cccc4c5ccccc5n3c42)c2ccccc21.[Ir]. The smallest absolute Gasteiger partial charge is 0.155 e. The molecule has 1 radical (unpaired) electrons. The molecular formula is C33H29IrN3O2-2. The Kier molecular flexibility index (Phi) is 7.11. The summed E-state index contributed by atoms with van der Waals surface area (Å²) in [4.78, 5) is 14.7. The molecule has 7 rings (SSSR count). The van der Waals surface area contributed by atoms with E-state index in [1.807, 2.05) is 0 Å². The molecule has 4 aromatic carbocycles. The Bertz CT molecular complexity index is 1850. The zero-order chi connectivity index (χ0) is 26.6. The van der Waals surface area contributed by atoms with Gasteiger partial charge in [0.25, 0.3) is 0 Å². The summed E-state index contributed by atoms with van der Waals surface area (Å²) in [6, 6.07) is 32.2. The van der Waals surface area contributed by atoms with Crippen molar-refractivity contribution in [2.45, 2.75) is 33.7 Å². The Labute approximate surface area is 241 Å². The van der Waals surface area contributed by atoms with Crippen molar-refractivity contribution >= 4 is 60.9 Å². The normalized spacial score (nSPS) is 13.3. The van der Waals surface area contributed by atoms with E-state index in [1.54, 1.807) is 0 Å². The zero-order valence-electron chi connectivity index (χ0n) is 22.3. The van der Waals surface area contributed by atoms with Crippen molar-refractivity contribution in [3.05, 3.63) is 103 Å². The number of nitrogens with zero attached hydrogens (tertiary/aromatic N) is 3. The minimum absolute atomic E-state index is 0. The van der Waals surface area contributed by atoms with Gasteiger partial charge in [-0.1, -0.05) is 65.1 Å². The summed E-state index contributed by atoms with van der Waals surface area (Å²) in [6.45, 7) is 9.54. The van der Waals surface area contributed by atoms with Crippen molar-refractivity contribution in [3.63, 3.8) is 0 Å². The van der Waals surface area contributed by atoms with Gasteiger partial charge >= 0.3 is 0 Å². The third kappa shape index (κ3) is 4.34. The van der Waals surface area contributed by atoms with E-state index in [1.165, 1.54) is 69.4 Å². The summed E-state index contributed by atoms with van der Waals surface area (Å²) < 4.78 is 2.43. The van der Waals surface area contributed by atoms with Gasteiger partial charge in [0, 0.05) is 53.8 Å². The number of aromatic nitrogens is 1. The van der Waals surface area contributed by atoms with Crippen LogP contribution in [0.4, 0.5) is 17.1 Å². The Morgan fingerprint density at radius 3 is 2.23 bits per heavy atom. The maximum Gasteiger partial charge on any atom is 0.155 e. The maximum absolute atomic E-state index is 10.0. The van der Waals surface area contributed by atoms with Gasteiger partial charge in [-0.25, -0.2) is 0 Å². The molecule has 39 heavy (non-hydrogen) atoms. The van der Waals surface area contributed by atoms with E-state index in [9.17, 15) is 4.79 Å². The number of allylic oxidation sites excluding steroid dienone is 2. The maximum atomic E-state index is 10.0. The number of hydrogen-bond donors (Lipinski definition) is 1. The van der Waals surface area contributed by atoms with Crippen LogP contribution in [0.1, 0.15) is 27.7 Å². The van der Waals surface area contributed by atoms with Crippen molar-refractivity contribution in [1.82, 2.24) is 4.40 Å². The largest absolute Gasteiger partial charge is 0.512 e. The first-order valence-electron chi connectivity index (χ1n) is 12.8. The summed E-state index contributed by atoms with van der Waals surface area (Å²) >= 11 is 0. The molecule has 1 N–H and O–H groups in total. The quantitative estimate of drug-likeness (QED) is 0.116. The molecule has 6 heteroatoms. The van der Waals surface area contributed by atoms with Gasteiger partial charge in [0.05, 0.1) is 11.3 Å². The average molecular weight is 692 g/mol. The van der Waals surface area contributed by atoms with Gasteiger partial charge in [-0.05, 0) is 57.3 Å². The molecule has 0 fully saturated rings. The summed E-state index contributed by atoms with van der Waals surface area (Å²) in [7, 11) is 0. The number of aliphatic hydroxyl groups excluding tert-OH is 1. The van der Waals surface area contributed by atoms with Crippen LogP contribution in [0.3, 0.4) is 0 Å². The molecule has 0 unspecified atom stereocenters. The fourth-order valence-electron chi connectivity index (χ4n) is 5.61. The second-order valence-electron chi connectivity index (χ2n) is 10.0. The number of carbonyl (C=O) groups excluding carboxylic acids is 1. The number of aliphatic hydroxyl groups is 1. The number of ketones is 1. The fraction of sp³-hybridized carbons (Fsp3) is 0.152. The molecule has 5 nitrogen and oxygen atoms in total. The molecule has 199 valence electrons. The Morgan fingerprint density at radius 1 is 0.872 bits per heavy atom. The number of carbonyl (C=O) groups is 1. The first-order valence-corrected chi connectivity index (χ1v) is 12.8. The minimum atomic E-state index is -0.125. The van der Waals surface area contributed by atoms with Crippen molar-refractivity contribution < 1.29 is 30.0 Å². The van der Waals surface area contributed by atoms with Crippen LogP contribution in [0.25, 0.3) is 38.1 Å². The fourth-order valence-corrected chi connectivity index (χ4v) is 5.61. The van der Waals surface area contributed by atoms with Gasteiger partial charge in [0.15, 0.2) is 5.78 Å². The monoisotopic (exact) mass is 692 g/mol. The molecule has 1 aliphatic rings. The second kappa shape index (κ2) is 10.4. The van der Waals surface area contributed by atoms with Crippen LogP contribution in [0.5, 0.6) is 0 Å². The molecule has 0 amide bonds. The van der Waals surface area contributed by atoms with Crippen LogP contribution in [0, 0.1) is 12.7 Å². The molecule has 0 aliphatic carbocycles. The van der Waals surface area contributed by atoms with Gasteiger partial charge in [-0.3, -0.25) is 4.79 Å². The number of hydrogen-bond acceptors (Lipinski definition) is 4. The number of rotatable bonds is 3. The Balaban J connectivity index is 0.000000345. The molecule has 3 heterocycles. The van der Waals surface area contributed by atoms with Crippen LogP contribution in [0.15, 0.2) is 90.7 Å². The van der Waals surface area contributed by atoms with Crippen molar-refractivity contribution in [2.75, 3.05) is 9.80 Å². The van der Waals surface area contributed by atoms with E-state index in [0.717, 1.165) is 5.69 Å². The minimum Gasteiger partial charge on any atom is -0.512 e. The second-order valence-corrected chi connectivity index (χ2v) is 10.0. The molecule has 0 saturated carbocycles. The third-order valence-corrected chi connectivity index (χ3v) is 7.03. The molecule has 2 aromatic heterocycles. The van der Waals surface area contributed by atoms with Crippen molar-refractivity contribution in [3.8, 4) is 0 Å². The van der Waals surface area contributed by atoms with Crippen molar-refractivity contribution in [1.29, 1.82) is 0 Å². The molecular weight excluding hydrogens is 663 g/mol. The van der Waals surface area contributed by atoms with Crippen molar-refractivity contribution in [2.24, 2.45) is 0 Å². The number of anilines is 3. The zero-order valence-corrected chi connectivity index (χ0v) is 24.7. The van der Waals surface area contributed by atoms with Gasteiger partial charge < -0.3 is 19.3 Å². The van der Waals surface area contributed by atoms with E-state index >= 15 is 0 Å². The van der Waals surface area contributed by atoms with Gasteiger partial charge in [-0.15, -0.1) is 6.07 Å². The average Bonchev–Trinajstić information content (AvgIpc) is 3.55. The van der Waals surface area contributed by atoms with Crippen LogP contribution in [-0.4, -0.2) is 21.3 Å². The van der Waals surface area contributed by atoms with Crippen LogP contribution >= 0.6 is 0 Å². The first-order chi connectivity index (χ1) is 18.4. The van der Waals surface area contributed by atoms with E-state index in [2.05, 4.69) is 120 Å². The topological polar surface area (TPSA) is 48.2 Å². The summed E-state index contributed by atoms with van der Waals surface area (Å²) in [5.74, 6) is -0.0625. The van der Waals surface area contributed by atoms with E-state index < -0.39 is 0 Å². The molecule has 0 atom stereocenters. The Morgan fingerprint density at radius 2 is 1.54 bits per heavy atom. The van der Waals surface area contributed by atoms with E-state index in [4.69, 9.17) is 5.11 Å². The molecule has 0 saturated heterocycles. The molecule has 0 spiro atoms. The van der Waals surface area contributed by atoms with Crippen LogP contribution in [0.2, 0.25) is 0 Å². The molecule has 6 aromatic rings. The number of fused-ring (bicyclic) bond motifs is 7. The van der Waals surface area contributed by atoms with Gasteiger partial charge in [-0.2, -0.15) is 18.8 Å². The third-order valence-electron chi connectivity index (χ3n) is 7.03. The van der Waals surface area contributed by atoms with E-state index in [-0.39, 0.29) is 31.6 Å². The summed E-state index contributed by atoms with van der Waals surface area (Å²) in [6.07, 6.45) is 1.17. The van der Waals surface area contributed by atoms with Gasteiger partial charge in [0.2, 0.25) is 0 Å². The predicted molar refractivity (Wildman–Crippen MR) is 157 cm³/mol. The molecule has 1 aliphatic heterocycles. The number of benzene rings is 4. The van der Waals surface area contributed by atoms with Crippen LogP contribution < -0.4 is 9.80 Å². The number of para-hydroxylation sites is 4.